The van der Waals surface area contributed by atoms with Crippen LogP contribution in [0.3, 0.4) is 0 Å². The summed E-state index contributed by atoms with van der Waals surface area (Å²) in [4.78, 5) is 28.7. The SMILES string of the molecule is COc1cc(OC)cc(-c2nc(S/C(=C/c3cc([N+](=O)[O-])ccc3Sc3ccc(Cl)cc3)C(=O)O)n[nH]2)c1. The molecule has 0 saturated heterocycles. The molecule has 1 heterocycles. The maximum atomic E-state index is 12.1. The number of nitrogens with one attached hydrogen (secondary N) is 1. The van der Waals surface area contributed by atoms with Gasteiger partial charge in [-0.3, -0.25) is 15.2 Å². The molecule has 38 heavy (non-hydrogen) atoms. The van der Waals surface area contributed by atoms with Gasteiger partial charge in [0.05, 0.1) is 19.1 Å². The number of nitrogens with zero attached hydrogens (tertiary/aromatic N) is 3. The molecule has 194 valence electrons. The second-order valence-corrected chi connectivity index (χ2v) is 10.1. The summed E-state index contributed by atoms with van der Waals surface area (Å²) in [6.45, 7) is 0. The van der Waals surface area contributed by atoms with Crippen LogP contribution >= 0.6 is 35.1 Å². The van der Waals surface area contributed by atoms with Gasteiger partial charge in [0.2, 0.25) is 5.16 Å². The molecule has 4 rings (SSSR count). The van der Waals surface area contributed by atoms with Crippen molar-refractivity contribution in [1.29, 1.82) is 0 Å². The van der Waals surface area contributed by atoms with Gasteiger partial charge in [0.15, 0.2) is 5.82 Å². The number of nitro groups is 1. The minimum Gasteiger partial charge on any atom is -0.497 e. The molecule has 0 aliphatic carbocycles. The third-order valence-electron chi connectivity index (χ3n) is 5.03. The van der Waals surface area contributed by atoms with Gasteiger partial charge in [0.25, 0.3) is 5.69 Å². The maximum Gasteiger partial charge on any atom is 0.342 e. The Labute approximate surface area is 230 Å². The van der Waals surface area contributed by atoms with Gasteiger partial charge in [-0.1, -0.05) is 23.4 Å². The van der Waals surface area contributed by atoms with Gasteiger partial charge in [-0.2, -0.15) is 0 Å². The van der Waals surface area contributed by atoms with Crippen LogP contribution in [0, 0.1) is 10.1 Å². The Morgan fingerprint density at radius 3 is 2.37 bits per heavy atom. The summed E-state index contributed by atoms with van der Waals surface area (Å²) in [5, 5.41) is 28.9. The molecule has 1 aromatic heterocycles. The standard InChI is InChI=1S/C25H19ClN4O6S2/c1-35-18-10-15(11-19(13-18)36-2)23-27-25(29-28-23)38-22(24(31)32)12-14-9-17(30(33)34)5-8-21(14)37-20-6-3-16(26)4-7-20/h3-13H,1-2H3,(H,31,32)(H,27,28,29)/b22-12+. The third-order valence-corrected chi connectivity index (χ3v) is 7.26. The van der Waals surface area contributed by atoms with Crippen molar-refractivity contribution in [1.82, 2.24) is 15.2 Å². The number of rotatable bonds is 10. The second kappa shape index (κ2) is 12.0. The van der Waals surface area contributed by atoms with Crippen LogP contribution in [0.5, 0.6) is 11.5 Å². The van der Waals surface area contributed by atoms with Crippen molar-refractivity contribution in [2.75, 3.05) is 14.2 Å². The zero-order chi connectivity index (χ0) is 27.2. The monoisotopic (exact) mass is 570 g/mol. The number of aromatic nitrogens is 3. The highest BCUT2D eigenvalue weighted by atomic mass is 35.5. The molecule has 13 heteroatoms. The predicted molar refractivity (Wildman–Crippen MR) is 145 cm³/mol. The maximum absolute atomic E-state index is 12.1. The Bertz CT molecular complexity index is 1500. The van der Waals surface area contributed by atoms with Crippen molar-refractivity contribution in [3.05, 3.63) is 86.3 Å². The third kappa shape index (κ3) is 6.65. The van der Waals surface area contributed by atoms with E-state index in [0.29, 0.717) is 38.4 Å². The van der Waals surface area contributed by atoms with Gasteiger partial charge in [0.1, 0.15) is 16.4 Å². The molecule has 0 amide bonds. The molecule has 0 bridgehead atoms. The molecule has 0 saturated carbocycles. The molecule has 0 aliphatic rings. The van der Waals surface area contributed by atoms with Crippen LogP contribution < -0.4 is 9.47 Å². The quantitative estimate of drug-likeness (QED) is 0.0949. The summed E-state index contributed by atoms with van der Waals surface area (Å²) in [6, 6.07) is 16.5. The number of H-pyrrole nitrogens is 1. The molecular formula is C25H19ClN4O6S2. The van der Waals surface area contributed by atoms with E-state index in [0.717, 1.165) is 16.7 Å². The molecule has 3 aromatic carbocycles. The lowest BCUT2D eigenvalue weighted by Gasteiger charge is -2.08. The average molecular weight is 571 g/mol. The summed E-state index contributed by atoms with van der Waals surface area (Å²) < 4.78 is 10.6. The molecule has 0 unspecified atom stereocenters. The fourth-order valence-corrected chi connectivity index (χ4v) is 4.95. The largest absolute Gasteiger partial charge is 0.497 e. The fraction of sp³-hybridized carbons (Fsp3) is 0.0800. The average Bonchev–Trinajstić information content (AvgIpc) is 3.38. The summed E-state index contributed by atoms with van der Waals surface area (Å²) in [5.41, 5.74) is 0.817. The van der Waals surface area contributed by atoms with Crippen molar-refractivity contribution in [3.8, 4) is 22.9 Å². The number of methoxy groups -OCH3 is 2. The number of aromatic amines is 1. The molecule has 10 nitrogen and oxygen atoms in total. The highest BCUT2D eigenvalue weighted by molar-refractivity contribution is 8.04. The first-order chi connectivity index (χ1) is 18.2. The molecule has 0 spiro atoms. The van der Waals surface area contributed by atoms with Crippen LogP contribution in [0.15, 0.2) is 80.5 Å². The highest BCUT2D eigenvalue weighted by Gasteiger charge is 2.18. The van der Waals surface area contributed by atoms with Crippen LogP contribution in [0.2, 0.25) is 5.02 Å². The van der Waals surface area contributed by atoms with Gasteiger partial charge < -0.3 is 14.6 Å². The summed E-state index contributed by atoms with van der Waals surface area (Å²) in [7, 11) is 3.05. The van der Waals surface area contributed by atoms with E-state index in [-0.39, 0.29) is 15.7 Å². The predicted octanol–water partition coefficient (Wildman–Crippen LogP) is 6.42. The Morgan fingerprint density at radius 1 is 1.08 bits per heavy atom. The number of non-ortho nitro benzene ring substituents is 1. The first kappa shape index (κ1) is 27.0. The van der Waals surface area contributed by atoms with Gasteiger partial charge in [-0.15, -0.1) is 5.10 Å². The van der Waals surface area contributed by atoms with Crippen molar-refractivity contribution in [3.63, 3.8) is 0 Å². The van der Waals surface area contributed by atoms with Crippen molar-refractivity contribution in [2.45, 2.75) is 14.9 Å². The molecule has 0 radical (unpaired) electrons. The normalized spacial score (nSPS) is 11.3. The number of thioether (sulfide) groups is 1. The van der Waals surface area contributed by atoms with E-state index in [1.807, 2.05) is 0 Å². The van der Waals surface area contributed by atoms with Crippen LogP contribution in [0.4, 0.5) is 5.69 Å². The van der Waals surface area contributed by atoms with Crippen molar-refractivity contribution < 1.29 is 24.3 Å². The number of benzene rings is 3. The van der Waals surface area contributed by atoms with Gasteiger partial charge in [-0.25, -0.2) is 9.78 Å². The summed E-state index contributed by atoms with van der Waals surface area (Å²) in [5.74, 6) is 0.238. The molecule has 0 fully saturated rings. The Morgan fingerprint density at radius 2 is 1.76 bits per heavy atom. The molecule has 0 aliphatic heterocycles. The van der Waals surface area contributed by atoms with E-state index in [1.165, 1.54) is 44.2 Å². The van der Waals surface area contributed by atoms with Crippen LogP contribution in [0.25, 0.3) is 17.5 Å². The van der Waals surface area contributed by atoms with Crippen molar-refractivity contribution in [2.24, 2.45) is 0 Å². The number of carbonyl (C=O) groups is 1. The van der Waals surface area contributed by atoms with Gasteiger partial charge in [-0.05, 0) is 65.9 Å². The van der Waals surface area contributed by atoms with E-state index >= 15 is 0 Å². The van der Waals surface area contributed by atoms with E-state index < -0.39 is 10.9 Å². The number of carboxylic acids is 1. The number of ether oxygens (including phenoxy) is 2. The lowest BCUT2D eigenvalue weighted by molar-refractivity contribution is -0.384. The summed E-state index contributed by atoms with van der Waals surface area (Å²) in [6.07, 6.45) is 1.36. The lowest BCUT2D eigenvalue weighted by atomic mass is 10.2. The number of hydrogen-bond acceptors (Lipinski definition) is 9. The van der Waals surface area contributed by atoms with E-state index in [4.69, 9.17) is 21.1 Å². The molecular weight excluding hydrogens is 552 g/mol. The Balaban J connectivity index is 1.67. The number of aliphatic carboxylic acids is 1. The molecule has 4 aromatic rings. The lowest BCUT2D eigenvalue weighted by Crippen LogP contribution is -1.98. The summed E-state index contributed by atoms with van der Waals surface area (Å²) >= 11 is 8.09. The highest BCUT2D eigenvalue weighted by Crippen LogP contribution is 2.36. The van der Waals surface area contributed by atoms with Crippen molar-refractivity contribution >= 4 is 52.9 Å². The second-order valence-electron chi connectivity index (χ2n) is 7.52. The molecule has 2 N–H and O–H groups in total. The van der Waals surface area contributed by atoms with Gasteiger partial charge >= 0.3 is 5.97 Å². The zero-order valence-corrected chi connectivity index (χ0v) is 22.3. The van der Waals surface area contributed by atoms with Crippen LogP contribution in [-0.2, 0) is 4.79 Å². The Kier molecular flexibility index (Phi) is 8.56. The molecule has 0 atom stereocenters. The zero-order valence-electron chi connectivity index (χ0n) is 19.9. The smallest absolute Gasteiger partial charge is 0.342 e. The number of carboxylic acid groups (broad SMARTS) is 1. The first-order valence-corrected chi connectivity index (χ1v) is 12.8. The van der Waals surface area contributed by atoms with Crippen LogP contribution in [0.1, 0.15) is 5.56 Å². The van der Waals surface area contributed by atoms with Crippen LogP contribution in [-0.4, -0.2) is 45.4 Å². The minimum absolute atomic E-state index is 0.128. The Hall–Kier alpha value is -4.00. The van der Waals surface area contributed by atoms with E-state index in [1.54, 1.807) is 48.5 Å². The number of nitro benzene ring substituents is 1. The van der Waals surface area contributed by atoms with Gasteiger partial charge in [0, 0.05) is 38.6 Å². The first-order valence-electron chi connectivity index (χ1n) is 10.8. The van der Waals surface area contributed by atoms with E-state index in [9.17, 15) is 20.0 Å². The van der Waals surface area contributed by atoms with E-state index in [2.05, 4.69) is 15.2 Å². The fourth-order valence-electron chi connectivity index (χ4n) is 3.22. The minimum atomic E-state index is -1.24. The number of hydrogen-bond donors (Lipinski definition) is 2. The topological polar surface area (TPSA) is 140 Å². The number of halogens is 1.